The minimum atomic E-state index is -0.597. The first-order valence-corrected chi connectivity index (χ1v) is 10.3. The van der Waals surface area contributed by atoms with Crippen LogP contribution in [0.1, 0.15) is 22.8 Å². The number of hydrogen-bond donors (Lipinski definition) is 3. The quantitative estimate of drug-likeness (QED) is 0.246. The Morgan fingerprint density at radius 1 is 1.18 bits per heavy atom. The molecule has 1 saturated heterocycles. The summed E-state index contributed by atoms with van der Waals surface area (Å²) in [6.07, 6.45) is 3.51. The van der Waals surface area contributed by atoms with E-state index in [1.807, 2.05) is 25.1 Å². The molecule has 3 rings (SSSR count). The van der Waals surface area contributed by atoms with Crippen LogP contribution >= 0.6 is 24.0 Å². The van der Waals surface area contributed by atoms with Gasteiger partial charge in [-0.05, 0) is 24.6 Å². The molecule has 4 N–H and O–H groups in total. The van der Waals surface area contributed by atoms with E-state index in [9.17, 15) is 14.4 Å². The van der Waals surface area contributed by atoms with Crippen molar-refractivity contribution in [1.82, 2.24) is 25.3 Å². The van der Waals surface area contributed by atoms with E-state index in [0.29, 0.717) is 37.7 Å². The van der Waals surface area contributed by atoms with Crippen LogP contribution < -0.4 is 21.3 Å². The van der Waals surface area contributed by atoms with E-state index in [4.69, 9.17) is 5.73 Å². The van der Waals surface area contributed by atoms with Crippen LogP contribution in [0.4, 0.5) is 5.69 Å². The highest BCUT2D eigenvalue weighted by Gasteiger charge is 2.27. The highest BCUT2D eigenvalue weighted by atomic mass is 127. The normalized spacial score (nSPS) is 14.0. The predicted octanol–water partition coefficient (Wildman–Crippen LogP) is 0.0675. The van der Waals surface area contributed by atoms with Gasteiger partial charge in [-0.15, -0.1) is 24.0 Å². The van der Waals surface area contributed by atoms with Gasteiger partial charge in [-0.25, -0.2) is 4.99 Å². The number of rotatable bonds is 7. The molecule has 11 nitrogen and oxygen atoms in total. The number of nitrogens with two attached hydrogens (primary N) is 1. The molecule has 12 heteroatoms. The maximum atomic E-state index is 12.7. The molecule has 0 bridgehead atoms. The maximum absolute atomic E-state index is 12.7. The molecule has 0 atom stereocenters. The molecule has 1 aliphatic heterocycles. The zero-order valence-corrected chi connectivity index (χ0v) is 21.0. The fraction of sp³-hybridized carbons (Fsp3) is 0.381. The standard InChI is InChI=1S/C21H28N8O3.HI/c1-3-23-21(28-8-9-29(19(31)14-28)17-11-26-27(2)13-17)25-10-15-4-6-16(7-5-15)20(32)24-12-18(22)30;/h4-7,11,13H,3,8-10,12,14H2,1-2H3,(H2,22,30)(H,23,25)(H,24,32);1H. The number of anilines is 1. The first-order valence-electron chi connectivity index (χ1n) is 10.3. The number of halogens is 1. The molecule has 0 radical (unpaired) electrons. The Kier molecular flexibility index (Phi) is 9.63. The average molecular weight is 568 g/mol. The smallest absolute Gasteiger partial charge is 0.251 e. The average Bonchev–Trinajstić information content (AvgIpc) is 3.21. The SMILES string of the molecule is CCNC(=NCc1ccc(C(=O)NCC(N)=O)cc1)N1CCN(c2cnn(C)c2)C(=O)C1.I. The molecule has 178 valence electrons. The zero-order valence-electron chi connectivity index (χ0n) is 18.7. The van der Waals surface area contributed by atoms with Crippen LogP contribution in [0.15, 0.2) is 41.7 Å². The first kappa shape index (κ1) is 26.1. The van der Waals surface area contributed by atoms with Crippen LogP contribution in [0.3, 0.4) is 0 Å². The van der Waals surface area contributed by atoms with Gasteiger partial charge in [-0.3, -0.25) is 19.1 Å². The van der Waals surface area contributed by atoms with Gasteiger partial charge in [0, 0.05) is 38.4 Å². The van der Waals surface area contributed by atoms with E-state index in [-0.39, 0.29) is 48.9 Å². The van der Waals surface area contributed by atoms with E-state index in [1.54, 1.807) is 40.0 Å². The lowest BCUT2D eigenvalue weighted by molar-refractivity contribution is -0.120. The second kappa shape index (κ2) is 12.2. The molecular weight excluding hydrogens is 539 g/mol. The Morgan fingerprint density at radius 2 is 1.91 bits per heavy atom. The van der Waals surface area contributed by atoms with Gasteiger partial charge in [0.1, 0.15) is 6.54 Å². The van der Waals surface area contributed by atoms with Crippen LogP contribution in [-0.2, 0) is 23.2 Å². The number of primary amides is 1. The van der Waals surface area contributed by atoms with Crippen molar-refractivity contribution in [3.05, 3.63) is 47.8 Å². The minimum absolute atomic E-state index is 0. The summed E-state index contributed by atoms with van der Waals surface area (Å²) >= 11 is 0. The third kappa shape index (κ3) is 7.17. The molecule has 0 unspecified atom stereocenters. The van der Waals surface area contributed by atoms with E-state index < -0.39 is 5.91 Å². The molecular formula is C21H29IN8O3. The summed E-state index contributed by atoms with van der Waals surface area (Å²) in [7, 11) is 1.82. The molecule has 1 aromatic heterocycles. The Morgan fingerprint density at radius 3 is 2.48 bits per heavy atom. The highest BCUT2D eigenvalue weighted by Crippen LogP contribution is 2.16. The van der Waals surface area contributed by atoms with Crippen molar-refractivity contribution in [1.29, 1.82) is 0 Å². The van der Waals surface area contributed by atoms with Crippen LogP contribution in [0.2, 0.25) is 0 Å². The Hall–Kier alpha value is -3.16. The number of nitrogens with one attached hydrogen (secondary N) is 2. The van der Waals surface area contributed by atoms with Crippen LogP contribution in [-0.4, -0.2) is 71.1 Å². The number of aryl methyl sites for hydroxylation is 1. The minimum Gasteiger partial charge on any atom is -0.368 e. The summed E-state index contributed by atoms with van der Waals surface area (Å²) in [6.45, 7) is 4.25. The highest BCUT2D eigenvalue weighted by molar-refractivity contribution is 14.0. The maximum Gasteiger partial charge on any atom is 0.251 e. The number of carbonyl (C=O) groups is 3. The van der Waals surface area contributed by atoms with Crippen molar-refractivity contribution in [3.63, 3.8) is 0 Å². The number of guanidine groups is 1. The number of carbonyl (C=O) groups excluding carboxylic acids is 3. The zero-order chi connectivity index (χ0) is 23.1. The lowest BCUT2D eigenvalue weighted by Crippen LogP contribution is -2.55. The Labute approximate surface area is 209 Å². The van der Waals surface area contributed by atoms with Gasteiger partial charge in [0.05, 0.1) is 25.0 Å². The first-order chi connectivity index (χ1) is 15.4. The molecule has 0 saturated carbocycles. The number of nitrogens with zero attached hydrogens (tertiary/aromatic N) is 5. The molecule has 1 aliphatic rings. The van der Waals surface area contributed by atoms with Gasteiger partial charge in [-0.1, -0.05) is 12.1 Å². The van der Waals surface area contributed by atoms with Gasteiger partial charge in [0.25, 0.3) is 5.91 Å². The molecule has 3 amide bonds. The summed E-state index contributed by atoms with van der Waals surface area (Å²) in [5, 5.41) is 9.82. The number of hydrogen-bond acceptors (Lipinski definition) is 5. The van der Waals surface area contributed by atoms with Gasteiger partial charge < -0.3 is 26.2 Å². The number of aliphatic imine (C=N–C) groups is 1. The molecule has 1 fully saturated rings. The Balaban J connectivity index is 0.00000385. The van der Waals surface area contributed by atoms with Crippen molar-refractivity contribution >= 4 is 53.3 Å². The fourth-order valence-corrected chi connectivity index (χ4v) is 3.30. The third-order valence-electron chi connectivity index (χ3n) is 4.91. The number of aromatic nitrogens is 2. The van der Waals surface area contributed by atoms with E-state index in [2.05, 4.69) is 20.7 Å². The lowest BCUT2D eigenvalue weighted by Gasteiger charge is -2.35. The molecule has 1 aromatic carbocycles. The molecule has 0 aliphatic carbocycles. The summed E-state index contributed by atoms with van der Waals surface area (Å²) < 4.78 is 1.67. The van der Waals surface area contributed by atoms with Crippen molar-refractivity contribution in [2.75, 3.05) is 37.6 Å². The van der Waals surface area contributed by atoms with Crippen LogP contribution in [0, 0.1) is 0 Å². The number of amides is 3. The number of benzene rings is 1. The van der Waals surface area contributed by atoms with Crippen molar-refractivity contribution < 1.29 is 14.4 Å². The van der Waals surface area contributed by atoms with E-state index in [1.165, 1.54) is 0 Å². The monoisotopic (exact) mass is 568 g/mol. The van der Waals surface area contributed by atoms with Crippen molar-refractivity contribution in [3.8, 4) is 0 Å². The molecule has 0 spiro atoms. The second-order valence-corrected chi connectivity index (χ2v) is 7.36. The fourth-order valence-electron chi connectivity index (χ4n) is 3.30. The topological polar surface area (TPSA) is 138 Å². The number of piperazine rings is 1. The Bertz CT molecular complexity index is 1010. The van der Waals surface area contributed by atoms with E-state index >= 15 is 0 Å². The van der Waals surface area contributed by atoms with Gasteiger partial charge in [-0.2, -0.15) is 5.10 Å². The van der Waals surface area contributed by atoms with Gasteiger partial charge in [0.15, 0.2) is 5.96 Å². The lowest BCUT2D eigenvalue weighted by atomic mass is 10.1. The van der Waals surface area contributed by atoms with Gasteiger partial charge >= 0.3 is 0 Å². The summed E-state index contributed by atoms with van der Waals surface area (Å²) in [5.74, 6) is -0.312. The molecule has 2 aromatic rings. The summed E-state index contributed by atoms with van der Waals surface area (Å²) in [5.41, 5.74) is 7.17. The second-order valence-electron chi connectivity index (χ2n) is 7.36. The summed E-state index contributed by atoms with van der Waals surface area (Å²) in [4.78, 5) is 43.8. The third-order valence-corrected chi connectivity index (χ3v) is 4.91. The summed E-state index contributed by atoms with van der Waals surface area (Å²) in [6, 6.07) is 6.95. The van der Waals surface area contributed by atoms with Gasteiger partial charge in [0.2, 0.25) is 11.8 Å². The van der Waals surface area contributed by atoms with Crippen molar-refractivity contribution in [2.45, 2.75) is 13.5 Å². The van der Waals surface area contributed by atoms with Crippen LogP contribution in [0.5, 0.6) is 0 Å². The molecule has 2 heterocycles. The van der Waals surface area contributed by atoms with E-state index in [0.717, 1.165) is 11.3 Å². The predicted molar refractivity (Wildman–Crippen MR) is 135 cm³/mol. The largest absolute Gasteiger partial charge is 0.368 e. The van der Waals surface area contributed by atoms with Crippen molar-refractivity contribution in [2.24, 2.45) is 17.8 Å². The van der Waals surface area contributed by atoms with Crippen LogP contribution in [0.25, 0.3) is 0 Å². The molecule has 33 heavy (non-hydrogen) atoms.